The number of methoxy groups -OCH3 is 2. The van der Waals surface area contributed by atoms with E-state index in [1.807, 2.05) is 80.6 Å². The Balaban J connectivity index is 1.89. The Morgan fingerprint density at radius 2 is 1.59 bits per heavy atom. The lowest BCUT2D eigenvalue weighted by molar-refractivity contribution is -0.141. The first kappa shape index (κ1) is 27.8. The van der Waals surface area contributed by atoms with Crippen LogP contribution in [-0.2, 0) is 29.0 Å². The van der Waals surface area contributed by atoms with Crippen LogP contribution in [0.25, 0.3) is 0 Å². The summed E-state index contributed by atoms with van der Waals surface area (Å²) >= 11 is 0. The first-order chi connectivity index (χ1) is 17.9. The number of carbonyl (C=O) groups excluding carboxylic acids is 2. The minimum atomic E-state index is -0.618. The fraction of sp³-hybridized carbons (Fsp3) is 0.355. The molecule has 0 aliphatic heterocycles. The molecule has 3 aromatic rings. The Hall–Kier alpha value is -3.80. The largest absolute Gasteiger partial charge is 0.493 e. The van der Waals surface area contributed by atoms with Gasteiger partial charge in [0.25, 0.3) is 0 Å². The minimum Gasteiger partial charge on any atom is -0.493 e. The van der Waals surface area contributed by atoms with Crippen LogP contribution in [0.5, 0.6) is 11.5 Å². The molecule has 0 aliphatic rings. The molecule has 3 rings (SSSR count). The van der Waals surface area contributed by atoms with Gasteiger partial charge in [0.15, 0.2) is 11.5 Å². The van der Waals surface area contributed by atoms with Crippen LogP contribution >= 0.6 is 0 Å². The molecule has 0 aromatic heterocycles. The molecule has 0 spiro atoms. The predicted molar refractivity (Wildman–Crippen MR) is 147 cm³/mol. The number of aryl methyl sites for hydroxylation is 2. The second-order valence-electron chi connectivity index (χ2n) is 9.20. The fourth-order valence-corrected chi connectivity index (χ4v) is 4.36. The lowest BCUT2D eigenvalue weighted by Gasteiger charge is -2.32. The monoisotopic (exact) mass is 502 g/mol. The molecule has 0 unspecified atom stereocenters. The van der Waals surface area contributed by atoms with Gasteiger partial charge in [-0.1, -0.05) is 73.2 Å². The van der Waals surface area contributed by atoms with Gasteiger partial charge in [0.2, 0.25) is 11.8 Å². The molecule has 0 saturated heterocycles. The van der Waals surface area contributed by atoms with E-state index in [0.717, 1.165) is 28.7 Å². The lowest BCUT2D eigenvalue weighted by Crippen LogP contribution is -2.50. The molecule has 0 heterocycles. The van der Waals surface area contributed by atoms with E-state index in [0.29, 0.717) is 37.4 Å². The van der Waals surface area contributed by atoms with Crippen LogP contribution in [0.1, 0.15) is 42.0 Å². The topological polar surface area (TPSA) is 67.9 Å². The average Bonchev–Trinajstić information content (AvgIpc) is 2.92. The third-order valence-electron chi connectivity index (χ3n) is 6.33. The molecule has 1 atom stereocenters. The van der Waals surface area contributed by atoms with E-state index in [4.69, 9.17) is 9.47 Å². The first-order valence-corrected chi connectivity index (χ1v) is 12.8. The summed E-state index contributed by atoms with van der Waals surface area (Å²) in [5.41, 5.74) is 4.10. The highest BCUT2D eigenvalue weighted by molar-refractivity contribution is 5.88. The van der Waals surface area contributed by atoms with Crippen LogP contribution in [0.2, 0.25) is 0 Å². The summed E-state index contributed by atoms with van der Waals surface area (Å²) in [6.07, 6.45) is 2.07. The van der Waals surface area contributed by atoms with Crippen molar-refractivity contribution in [2.24, 2.45) is 0 Å². The zero-order chi connectivity index (χ0) is 26.6. The van der Waals surface area contributed by atoms with E-state index < -0.39 is 6.04 Å². The number of nitrogens with zero attached hydrogens (tertiary/aromatic N) is 1. The number of rotatable bonds is 13. The van der Waals surface area contributed by atoms with Crippen LogP contribution in [0.15, 0.2) is 72.8 Å². The lowest BCUT2D eigenvalue weighted by atomic mass is 10.0. The van der Waals surface area contributed by atoms with Gasteiger partial charge in [-0.05, 0) is 48.6 Å². The summed E-state index contributed by atoms with van der Waals surface area (Å²) in [5, 5.41) is 3.02. The zero-order valence-electron chi connectivity index (χ0n) is 22.3. The molecule has 2 amide bonds. The van der Waals surface area contributed by atoms with Crippen molar-refractivity contribution in [3.63, 3.8) is 0 Å². The number of hydrogen-bond acceptors (Lipinski definition) is 4. The summed E-state index contributed by atoms with van der Waals surface area (Å²) in [4.78, 5) is 28.9. The van der Waals surface area contributed by atoms with Crippen LogP contribution < -0.4 is 14.8 Å². The zero-order valence-corrected chi connectivity index (χ0v) is 22.3. The Kier molecular flexibility index (Phi) is 10.6. The second-order valence-corrected chi connectivity index (χ2v) is 9.20. The van der Waals surface area contributed by atoms with Crippen molar-refractivity contribution in [3.8, 4) is 11.5 Å². The maximum Gasteiger partial charge on any atom is 0.243 e. The van der Waals surface area contributed by atoms with Crippen LogP contribution in [-0.4, -0.2) is 43.5 Å². The summed E-state index contributed by atoms with van der Waals surface area (Å²) in [6, 6.07) is 23.0. The van der Waals surface area contributed by atoms with E-state index in [1.54, 1.807) is 19.1 Å². The van der Waals surface area contributed by atoms with Gasteiger partial charge >= 0.3 is 0 Å². The van der Waals surface area contributed by atoms with Crippen molar-refractivity contribution in [2.45, 2.75) is 52.1 Å². The van der Waals surface area contributed by atoms with Gasteiger partial charge in [0.1, 0.15) is 6.04 Å². The maximum atomic E-state index is 13.8. The summed E-state index contributed by atoms with van der Waals surface area (Å²) < 4.78 is 10.8. The number of carbonyl (C=O) groups is 2. The number of amides is 2. The van der Waals surface area contributed by atoms with Crippen molar-refractivity contribution in [3.05, 3.63) is 95.1 Å². The Bertz CT molecular complexity index is 1160. The van der Waals surface area contributed by atoms with Crippen molar-refractivity contribution < 1.29 is 19.1 Å². The van der Waals surface area contributed by atoms with Crippen molar-refractivity contribution in [2.75, 3.05) is 20.8 Å². The molecule has 3 aromatic carbocycles. The van der Waals surface area contributed by atoms with Gasteiger partial charge < -0.3 is 19.7 Å². The Labute approximate surface area is 220 Å². The van der Waals surface area contributed by atoms with Crippen LogP contribution in [0.4, 0.5) is 0 Å². The molecule has 37 heavy (non-hydrogen) atoms. The fourth-order valence-electron chi connectivity index (χ4n) is 4.36. The van der Waals surface area contributed by atoms with Gasteiger partial charge in [-0.25, -0.2) is 0 Å². The highest BCUT2D eigenvalue weighted by Crippen LogP contribution is 2.28. The standard InChI is InChI=1S/C31H38N2O4/c1-5-18-32-31(35)27(20-24-11-7-6-8-12-24)33(22-26-13-9-10-23(2)19-26)30(34)17-15-25-14-16-28(36-3)29(21-25)37-4/h6-14,16,19,21,27H,5,15,17-18,20,22H2,1-4H3,(H,32,35)/t27-/m0/s1. The molecule has 6 heteroatoms. The molecule has 0 aliphatic carbocycles. The number of hydrogen-bond donors (Lipinski definition) is 1. The summed E-state index contributed by atoms with van der Waals surface area (Å²) in [6.45, 7) is 4.99. The van der Waals surface area contributed by atoms with Gasteiger partial charge in [0, 0.05) is 25.9 Å². The van der Waals surface area contributed by atoms with E-state index in [-0.39, 0.29) is 18.2 Å². The van der Waals surface area contributed by atoms with E-state index in [1.165, 1.54) is 0 Å². The van der Waals surface area contributed by atoms with Gasteiger partial charge in [-0.2, -0.15) is 0 Å². The summed E-state index contributed by atoms with van der Waals surface area (Å²) in [5.74, 6) is 1.08. The molecule has 0 saturated carbocycles. The van der Waals surface area contributed by atoms with Crippen molar-refractivity contribution in [1.82, 2.24) is 10.2 Å². The second kappa shape index (κ2) is 14.1. The first-order valence-electron chi connectivity index (χ1n) is 12.8. The third kappa shape index (κ3) is 8.10. The van der Waals surface area contributed by atoms with Crippen molar-refractivity contribution >= 4 is 11.8 Å². The Morgan fingerprint density at radius 1 is 0.865 bits per heavy atom. The predicted octanol–water partition coefficient (Wildman–Crippen LogP) is 5.11. The van der Waals surface area contributed by atoms with E-state index in [9.17, 15) is 9.59 Å². The highest BCUT2D eigenvalue weighted by Gasteiger charge is 2.30. The average molecular weight is 503 g/mol. The SMILES string of the molecule is CCCNC(=O)[C@H](Cc1ccccc1)N(Cc1cccc(C)c1)C(=O)CCc1ccc(OC)c(OC)c1. The molecule has 0 fully saturated rings. The maximum absolute atomic E-state index is 13.8. The van der Waals surface area contributed by atoms with Gasteiger partial charge in [-0.3, -0.25) is 9.59 Å². The highest BCUT2D eigenvalue weighted by atomic mass is 16.5. The third-order valence-corrected chi connectivity index (χ3v) is 6.33. The molecule has 0 bridgehead atoms. The molecular formula is C31H38N2O4. The normalized spacial score (nSPS) is 11.5. The number of benzene rings is 3. The van der Waals surface area contributed by atoms with Crippen LogP contribution in [0, 0.1) is 6.92 Å². The molecule has 1 N–H and O–H groups in total. The molecule has 196 valence electrons. The minimum absolute atomic E-state index is 0.0659. The Morgan fingerprint density at radius 3 is 2.27 bits per heavy atom. The smallest absolute Gasteiger partial charge is 0.243 e. The van der Waals surface area contributed by atoms with Gasteiger partial charge in [-0.15, -0.1) is 0 Å². The number of nitrogens with one attached hydrogen (secondary N) is 1. The number of ether oxygens (including phenoxy) is 2. The molecular weight excluding hydrogens is 464 g/mol. The van der Waals surface area contributed by atoms with Crippen LogP contribution in [0.3, 0.4) is 0 Å². The quantitative estimate of drug-likeness (QED) is 0.353. The van der Waals surface area contributed by atoms with Crippen molar-refractivity contribution in [1.29, 1.82) is 0 Å². The molecule has 6 nitrogen and oxygen atoms in total. The van der Waals surface area contributed by atoms with E-state index >= 15 is 0 Å². The van der Waals surface area contributed by atoms with E-state index in [2.05, 4.69) is 11.4 Å². The molecule has 0 radical (unpaired) electrons. The summed E-state index contributed by atoms with van der Waals surface area (Å²) in [7, 11) is 3.19. The van der Waals surface area contributed by atoms with Gasteiger partial charge in [0.05, 0.1) is 14.2 Å².